The van der Waals surface area contributed by atoms with Crippen LogP contribution in [0, 0.1) is 0 Å². The highest BCUT2D eigenvalue weighted by Crippen LogP contribution is 2.28. The Balaban J connectivity index is 1.67. The molecular formula is C21H23NS. The Morgan fingerprint density at radius 3 is 1.96 bits per heavy atom. The second-order valence-corrected chi connectivity index (χ2v) is 6.83. The van der Waals surface area contributed by atoms with Gasteiger partial charge in [0.05, 0.1) is 0 Å². The summed E-state index contributed by atoms with van der Waals surface area (Å²) < 4.78 is 0. The fourth-order valence-corrected chi connectivity index (χ4v) is 3.74. The normalized spacial score (nSPS) is 12.4. The molecule has 0 bridgehead atoms. The molecule has 0 aliphatic rings. The highest BCUT2D eigenvalue weighted by molar-refractivity contribution is 7.10. The predicted molar refractivity (Wildman–Crippen MR) is 100 cm³/mol. The Bertz CT molecular complexity index is 637. The summed E-state index contributed by atoms with van der Waals surface area (Å²) in [6.45, 7) is 3.25. The van der Waals surface area contributed by atoms with E-state index in [1.54, 1.807) is 0 Å². The average Bonchev–Trinajstić information content (AvgIpc) is 3.15. The molecule has 0 aliphatic carbocycles. The van der Waals surface area contributed by atoms with Gasteiger partial charge in [0.15, 0.2) is 0 Å². The van der Waals surface area contributed by atoms with E-state index in [4.69, 9.17) is 0 Å². The van der Waals surface area contributed by atoms with Gasteiger partial charge in [0.25, 0.3) is 0 Å². The van der Waals surface area contributed by atoms with Crippen LogP contribution in [0.2, 0.25) is 0 Å². The molecule has 1 nitrogen and oxygen atoms in total. The van der Waals surface area contributed by atoms with Crippen molar-refractivity contribution in [3.8, 4) is 0 Å². The molecule has 0 unspecified atom stereocenters. The molecule has 3 aromatic rings. The van der Waals surface area contributed by atoms with Crippen LogP contribution in [0.15, 0.2) is 78.2 Å². The van der Waals surface area contributed by atoms with E-state index in [-0.39, 0.29) is 0 Å². The Hall–Kier alpha value is -1.90. The minimum Gasteiger partial charge on any atom is -0.309 e. The van der Waals surface area contributed by atoms with E-state index in [9.17, 15) is 0 Å². The third kappa shape index (κ3) is 4.31. The SMILES string of the molecule is C[C@@H](NCCC(c1ccccc1)c1ccccc1)c1cccs1. The van der Waals surface area contributed by atoms with Crippen LogP contribution >= 0.6 is 11.3 Å². The Morgan fingerprint density at radius 2 is 1.43 bits per heavy atom. The van der Waals surface area contributed by atoms with Crippen molar-refractivity contribution < 1.29 is 0 Å². The molecule has 1 aromatic heterocycles. The van der Waals surface area contributed by atoms with E-state index in [2.05, 4.69) is 90.4 Å². The maximum atomic E-state index is 3.67. The van der Waals surface area contributed by atoms with Crippen LogP contribution in [0.5, 0.6) is 0 Å². The van der Waals surface area contributed by atoms with Crippen LogP contribution in [0.4, 0.5) is 0 Å². The van der Waals surface area contributed by atoms with Crippen molar-refractivity contribution in [1.82, 2.24) is 5.32 Å². The first-order valence-electron chi connectivity index (χ1n) is 8.21. The van der Waals surface area contributed by atoms with Gasteiger partial charge in [0.1, 0.15) is 0 Å². The molecule has 1 heterocycles. The van der Waals surface area contributed by atoms with E-state index in [1.807, 2.05) is 11.3 Å². The summed E-state index contributed by atoms with van der Waals surface area (Å²) in [5.74, 6) is 0.445. The van der Waals surface area contributed by atoms with E-state index < -0.39 is 0 Å². The van der Waals surface area contributed by atoms with E-state index in [1.165, 1.54) is 16.0 Å². The third-order valence-electron chi connectivity index (χ3n) is 4.26. The number of hydrogen-bond acceptors (Lipinski definition) is 2. The number of hydrogen-bond donors (Lipinski definition) is 1. The van der Waals surface area contributed by atoms with Gasteiger partial charge in [-0.2, -0.15) is 0 Å². The van der Waals surface area contributed by atoms with E-state index in [0.29, 0.717) is 12.0 Å². The summed E-state index contributed by atoms with van der Waals surface area (Å²) >= 11 is 1.82. The summed E-state index contributed by atoms with van der Waals surface area (Å²) in [6, 6.07) is 26.4. The molecule has 118 valence electrons. The molecule has 0 saturated carbocycles. The molecule has 1 N–H and O–H groups in total. The number of thiophene rings is 1. The molecule has 23 heavy (non-hydrogen) atoms. The fourth-order valence-electron chi connectivity index (χ4n) is 2.98. The summed E-state index contributed by atoms with van der Waals surface area (Å²) in [6.07, 6.45) is 1.10. The van der Waals surface area contributed by atoms with Gasteiger partial charge in [-0.3, -0.25) is 0 Å². The molecule has 0 radical (unpaired) electrons. The average molecular weight is 321 g/mol. The lowest BCUT2D eigenvalue weighted by Crippen LogP contribution is -2.21. The van der Waals surface area contributed by atoms with Gasteiger partial charge in [-0.1, -0.05) is 66.7 Å². The summed E-state index contributed by atoms with van der Waals surface area (Å²) in [5, 5.41) is 5.81. The second kappa shape index (κ2) is 8.09. The topological polar surface area (TPSA) is 12.0 Å². The Morgan fingerprint density at radius 1 is 0.826 bits per heavy atom. The minimum atomic E-state index is 0.419. The second-order valence-electron chi connectivity index (χ2n) is 5.85. The minimum absolute atomic E-state index is 0.419. The maximum Gasteiger partial charge on any atom is 0.0386 e. The van der Waals surface area contributed by atoms with Crippen molar-refractivity contribution in [3.63, 3.8) is 0 Å². The molecule has 0 aliphatic heterocycles. The first-order chi connectivity index (χ1) is 11.3. The summed E-state index contributed by atoms with van der Waals surface area (Å²) in [5.41, 5.74) is 2.79. The van der Waals surface area contributed by atoms with Gasteiger partial charge in [0.2, 0.25) is 0 Å². The van der Waals surface area contributed by atoms with Gasteiger partial charge < -0.3 is 5.32 Å². The van der Waals surface area contributed by atoms with Crippen LogP contribution in [-0.2, 0) is 0 Å². The first-order valence-corrected chi connectivity index (χ1v) is 9.09. The van der Waals surface area contributed by atoms with Gasteiger partial charge in [-0.15, -0.1) is 11.3 Å². The van der Waals surface area contributed by atoms with Gasteiger partial charge >= 0.3 is 0 Å². The van der Waals surface area contributed by atoms with Crippen molar-refractivity contribution in [2.45, 2.75) is 25.3 Å². The van der Waals surface area contributed by atoms with Crippen molar-refractivity contribution >= 4 is 11.3 Å². The number of nitrogens with one attached hydrogen (secondary N) is 1. The summed E-state index contributed by atoms with van der Waals surface area (Å²) in [4.78, 5) is 1.40. The van der Waals surface area contributed by atoms with Crippen LogP contribution in [0.25, 0.3) is 0 Å². The largest absolute Gasteiger partial charge is 0.309 e. The van der Waals surface area contributed by atoms with Crippen LogP contribution in [0.1, 0.15) is 41.3 Å². The predicted octanol–water partition coefficient (Wildman–Crippen LogP) is 5.62. The van der Waals surface area contributed by atoms with Gasteiger partial charge in [0, 0.05) is 16.8 Å². The van der Waals surface area contributed by atoms with Gasteiger partial charge in [-0.05, 0) is 42.5 Å². The van der Waals surface area contributed by atoms with Crippen molar-refractivity contribution in [1.29, 1.82) is 0 Å². The fraction of sp³-hybridized carbons (Fsp3) is 0.238. The lowest BCUT2D eigenvalue weighted by atomic mass is 9.88. The third-order valence-corrected chi connectivity index (χ3v) is 5.31. The molecule has 1 atom stereocenters. The van der Waals surface area contributed by atoms with Gasteiger partial charge in [-0.25, -0.2) is 0 Å². The molecule has 2 aromatic carbocycles. The standard InChI is InChI=1S/C21H23NS/c1-17(21-13-8-16-23-21)22-15-14-20(18-9-4-2-5-10-18)19-11-6-3-7-12-19/h2-13,16-17,20,22H,14-15H2,1H3/t17-/m1/s1. The molecule has 0 saturated heterocycles. The van der Waals surface area contributed by atoms with Crippen molar-refractivity contribution in [2.75, 3.05) is 6.54 Å². The van der Waals surface area contributed by atoms with Crippen molar-refractivity contribution in [3.05, 3.63) is 94.2 Å². The summed E-state index contributed by atoms with van der Waals surface area (Å²) in [7, 11) is 0. The molecule has 0 fully saturated rings. The molecule has 0 amide bonds. The smallest absolute Gasteiger partial charge is 0.0386 e. The quantitative estimate of drug-likeness (QED) is 0.595. The highest BCUT2D eigenvalue weighted by Gasteiger charge is 2.14. The Kier molecular flexibility index (Phi) is 5.62. The number of rotatable bonds is 7. The highest BCUT2D eigenvalue weighted by atomic mass is 32.1. The maximum absolute atomic E-state index is 3.67. The van der Waals surface area contributed by atoms with E-state index in [0.717, 1.165) is 13.0 Å². The van der Waals surface area contributed by atoms with E-state index >= 15 is 0 Å². The number of benzene rings is 2. The lowest BCUT2D eigenvalue weighted by Gasteiger charge is -2.20. The zero-order valence-electron chi connectivity index (χ0n) is 13.5. The molecule has 2 heteroatoms. The zero-order valence-corrected chi connectivity index (χ0v) is 14.3. The molecular weight excluding hydrogens is 298 g/mol. The first kappa shape index (κ1) is 16.0. The van der Waals surface area contributed by atoms with Crippen molar-refractivity contribution in [2.24, 2.45) is 0 Å². The van der Waals surface area contributed by atoms with Crippen LogP contribution in [-0.4, -0.2) is 6.54 Å². The van der Waals surface area contributed by atoms with Crippen LogP contribution < -0.4 is 5.32 Å². The van der Waals surface area contributed by atoms with Crippen LogP contribution in [0.3, 0.4) is 0 Å². The molecule has 0 spiro atoms. The lowest BCUT2D eigenvalue weighted by molar-refractivity contribution is 0.546. The monoisotopic (exact) mass is 321 g/mol. The molecule has 3 rings (SSSR count). The zero-order chi connectivity index (χ0) is 15.9. The Labute approximate surface area is 143 Å².